The lowest BCUT2D eigenvalue weighted by molar-refractivity contribution is -0.148. The number of rotatable bonds is 13. The number of halogens is 1. The first-order valence-corrected chi connectivity index (χ1v) is 13.9. The summed E-state index contributed by atoms with van der Waals surface area (Å²) in [5.41, 5.74) is 2.47. The van der Waals surface area contributed by atoms with Crippen LogP contribution in [0.25, 0.3) is 11.0 Å². The minimum absolute atomic E-state index is 0.0133. The zero-order valence-electron chi connectivity index (χ0n) is 23.0. The van der Waals surface area contributed by atoms with Crippen molar-refractivity contribution in [1.82, 2.24) is 10.1 Å². The third-order valence-electron chi connectivity index (χ3n) is 7.03. The molecule has 0 aliphatic carbocycles. The summed E-state index contributed by atoms with van der Waals surface area (Å²) in [4.78, 5) is 35.7. The quantitative estimate of drug-likeness (QED) is 0.0850. The van der Waals surface area contributed by atoms with Gasteiger partial charge in [0.05, 0.1) is 19.4 Å². The van der Waals surface area contributed by atoms with E-state index >= 15 is 0 Å². The molecule has 0 amide bonds. The molecule has 0 saturated carbocycles. The highest BCUT2D eigenvalue weighted by molar-refractivity contribution is 6.31. The fourth-order valence-electron chi connectivity index (χ4n) is 4.84. The van der Waals surface area contributed by atoms with E-state index in [0.29, 0.717) is 34.6 Å². The van der Waals surface area contributed by atoms with Gasteiger partial charge in [-0.1, -0.05) is 22.8 Å². The molecule has 10 nitrogen and oxygen atoms in total. The lowest BCUT2D eigenvalue weighted by Crippen LogP contribution is -2.34. The maximum Gasteiger partial charge on any atom is 0.338 e. The van der Waals surface area contributed by atoms with Crippen molar-refractivity contribution in [2.24, 2.45) is 0 Å². The number of hydrogen-bond donors (Lipinski definition) is 0. The smallest absolute Gasteiger partial charge is 0.338 e. The van der Waals surface area contributed by atoms with Gasteiger partial charge in [-0.15, -0.1) is 0 Å². The van der Waals surface area contributed by atoms with Gasteiger partial charge in [-0.2, -0.15) is 0 Å². The van der Waals surface area contributed by atoms with Crippen LogP contribution in [0.15, 0.2) is 53.1 Å². The van der Waals surface area contributed by atoms with Gasteiger partial charge >= 0.3 is 18.4 Å². The summed E-state index contributed by atoms with van der Waals surface area (Å²) >= 11 is 6.07. The number of methoxy groups -OCH3 is 1. The predicted octanol–water partition coefficient (Wildman–Crippen LogP) is 5.39. The van der Waals surface area contributed by atoms with Crippen molar-refractivity contribution in [3.8, 4) is 11.5 Å². The number of carbonyl (C=O) groups excluding carboxylic acids is 3. The molecule has 0 bridgehead atoms. The summed E-state index contributed by atoms with van der Waals surface area (Å²) < 4.78 is 26.3. The lowest BCUT2D eigenvalue weighted by Gasteiger charge is -2.31. The van der Waals surface area contributed by atoms with Crippen LogP contribution in [0.4, 0.5) is 0 Å². The Kier molecular flexibility index (Phi) is 10.8. The second-order valence-corrected chi connectivity index (χ2v) is 10.2. The van der Waals surface area contributed by atoms with Crippen LogP contribution in [0.1, 0.15) is 55.9 Å². The summed E-state index contributed by atoms with van der Waals surface area (Å²) in [5.74, 6) is -0.183. The lowest BCUT2D eigenvalue weighted by atomic mass is 9.91. The number of benzene rings is 2. The van der Waals surface area contributed by atoms with Crippen LogP contribution < -0.4 is 9.47 Å². The van der Waals surface area contributed by atoms with Gasteiger partial charge in [-0.25, -0.2) is 9.59 Å². The SMILES string of the molecule is COc1cc(C(C)OC(=O)/C=C/C(=O)OC=O)ccc1OCCCCN1CCC(c2noc3cc(Cl)ccc23)CC1. The molecule has 1 fully saturated rings. The van der Waals surface area contributed by atoms with Crippen LogP contribution in [0.3, 0.4) is 0 Å². The highest BCUT2D eigenvalue weighted by Crippen LogP contribution is 2.34. The van der Waals surface area contributed by atoms with Crippen molar-refractivity contribution in [2.75, 3.05) is 33.4 Å². The number of carbonyl (C=O) groups is 3. The van der Waals surface area contributed by atoms with Gasteiger partial charge in [0.1, 0.15) is 6.10 Å². The molecule has 2 heterocycles. The van der Waals surface area contributed by atoms with E-state index in [1.54, 1.807) is 32.2 Å². The molecule has 1 aliphatic rings. The van der Waals surface area contributed by atoms with Crippen molar-refractivity contribution in [2.45, 2.75) is 44.6 Å². The molecular formula is C30H33ClN2O8. The zero-order valence-corrected chi connectivity index (χ0v) is 23.8. The number of fused-ring (bicyclic) bond motifs is 1. The van der Waals surface area contributed by atoms with Crippen molar-refractivity contribution in [1.29, 1.82) is 0 Å². The Morgan fingerprint density at radius 3 is 2.63 bits per heavy atom. The normalized spacial score (nSPS) is 15.1. The number of piperidine rings is 1. The van der Waals surface area contributed by atoms with E-state index in [9.17, 15) is 14.4 Å². The fourth-order valence-corrected chi connectivity index (χ4v) is 5.00. The van der Waals surface area contributed by atoms with Gasteiger partial charge in [0, 0.05) is 34.5 Å². The van der Waals surface area contributed by atoms with Gasteiger partial charge in [0.2, 0.25) is 0 Å². The van der Waals surface area contributed by atoms with Crippen LogP contribution in [0.2, 0.25) is 5.02 Å². The Balaban J connectivity index is 1.17. The molecule has 2 aromatic carbocycles. The molecule has 1 unspecified atom stereocenters. The fraction of sp³-hybridized carbons (Fsp3) is 0.400. The second-order valence-electron chi connectivity index (χ2n) is 9.74. The van der Waals surface area contributed by atoms with E-state index in [1.165, 1.54) is 0 Å². The Bertz CT molecular complexity index is 1380. The first-order chi connectivity index (χ1) is 19.9. The van der Waals surface area contributed by atoms with Gasteiger partial charge < -0.3 is 28.4 Å². The molecule has 41 heavy (non-hydrogen) atoms. The minimum atomic E-state index is -0.958. The average Bonchev–Trinajstić information content (AvgIpc) is 3.39. The van der Waals surface area contributed by atoms with Crippen molar-refractivity contribution < 1.29 is 37.9 Å². The molecular weight excluding hydrogens is 552 g/mol. The topological polar surface area (TPSA) is 117 Å². The van der Waals surface area contributed by atoms with Gasteiger partial charge in [-0.3, -0.25) is 4.79 Å². The standard InChI is InChI=1S/C30H33ClN2O8/c1-20(40-29(36)10-9-28(35)39-19-34)22-5-8-25(27(17-22)37-2)38-16-4-3-13-33-14-11-21(12-15-33)30-24-7-6-23(31)18-26(24)41-32-30/h5-10,17-21H,3-4,11-16H2,1-2H3/b10-9+. The van der Waals surface area contributed by atoms with Crippen molar-refractivity contribution in [3.05, 3.63) is 64.8 Å². The van der Waals surface area contributed by atoms with E-state index in [4.69, 9.17) is 30.3 Å². The van der Waals surface area contributed by atoms with E-state index in [2.05, 4.69) is 14.8 Å². The Morgan fingerprint density at radius 2 is 1.88 bits per heavy atom. The molecule has 1 atom stereocenters. The predicted molar refractivity (Wildman–Crippen MR) is 151 cm³/mol. The Morgan fingerprint density at radius 1 is 1.10 bits per heavy atom. The summed E-state index contributed by atoms with van der Waals surface area (Å²) in [6.07, 6.45) is 5.10. The average molecular weight is 585 g/mol. The molecule has 218 valence electrons. The second kappa shape index (κ2) is 14.7. The highest BCUT2D eigenvalue weighted by atomic mass is 35.5. The maximum atomic E-state index is 11.9. The van der Waals surface area contributed by atoms with E-state index in [-0.39, 0.29) is 6.47 Å². The molecule has 4 rings (SSSR count). The van der Waals surface area contributed by atoms with Crippen LogP contribution in [0.5, 0.6) is 11.5 Å². The Labute approximate surface area is 243 Å². The molecule has 0 radical (unpaired) electrons. The number of unbranched alkanes of at least 4 members (excludes halogenated alkanes) is 1. The number of esters is 2. The van der Waals surface area contributed by atoms with E-state index in [1.807, 2.05) is 18.2 Å². The monoisotopic (exact) mass is 584 g/mol. The first kappa shape index (κ1) is 30.1. The van der Waals surface area contributed by atoms with Crippen molar-refractivity contribution in [3.63, 3.8) is 0 Å². The van der Waals surface area contributed by atoms with Gasteiger partial charge in [0.15, 0.2) is 17.1 Å². The number of nitrogens with zero attached hydrogens (tertiary/aromatic N) is 2. The first-order valence-electron chi connectivity index (χ1n) is 13.5. The molecule has 11 heteroatoms. The van der Waals surface area contributed by atoms with Gasteiger partial charge in [-0.05, 0) is 82.1 Å². The molecule has 1 aromatic heterocycles. The van der Waals surface area contributed by atoms with E-state index < -0.39 is 18.0 Å². The zero-order chi connectivity index (χ0) is 29.2. The van der Waals surface area contributed by atoms with Crippen LogP contribution >= 0.6 is 11.6 Å². The molecule has 1 aliphatic heterocycles. The largest absolute Gasteiger partial charge is 0.493 e. The summed E-state index contributed by atoms with van der Waals surface area (Å²) in [7, 11) is 1.55. The number of aromatic nitrogens is 1. The third kappa shape index (κ3) is 8.31. The molecule has 0 spiro atoms. The molecule has 1 saturated heterocycles. The van der Waals surface area contributed by atoms with Crippen LogP contribution in [-0.2, 0) is 23.9 Å². The summed E-state index contributed by atoms with van der Waals surface area (Å²) in [6, 6.07) is 11.0. The van der Waals surface area contributed by atoms with Crippen LogP contribution in [0, 0.1) is 0 Å². The molecule has 3 aromatic rings. The summed E-state index contributed by atoms with van der Waals surface area (Å²) in [5, 5.41) is 6.03. The van der Waals surface area contributed by atoms with Gasteiger partial charge in [0.25, 0.3) is 0 Å². The highest BCUT2D eigenvalue weighted by Gasteiger charge is 2.25. The third-order valence-corrected chi connectivity index (χ3v) is 7.27. The van der Waals surface area contributed by atoms with E-state index in [0.717, 1.165) is 74.1 Å². The number of likely N-dealkylation sites (tertiary alicyclic amines) is 1. The van der Waals surface area contributed by atoms with Crippen LogP contribution in [-0.4, -0.2) is 61.8 Å². The minimum Gasteiger partial charge on any atom is -0.493 e. The van der Waals surface area contributed by atoms with Crippen molar-refractivity contribution >= 4 is 41.0 Å². The molecule has 0 N–H and O–H groups in total. The number of hydrogen-bond acceptors (Lipinski definition) is 10. The summed E-state index contributed by atoms with van der Waals surface area (Å²) in [6.45, 7) is 5.27. The Hall–Kier alpha value is -3.89. The maximum absolute atomic E-state index is 11.9. The number of ether oxygens (including phenoxy) is 4.